The fraction of sp³-hybridized carbons (Fsp3) is 0.786. The van der Waals surface area contributed by atoms with Gasteiger partial charge < -0.3 is 5.32 Å². The van der Waals surface area contributed by atoms with Crippen molar-refractivity contribution in [3.05, 3.63) is 16.1 Å². The van der Waals surface area contributed by atoms with Gasteiger partial charge in [0.2, 0.25) is 0 Å². The van der Waals surface area contributed by atoms with Gasteiger partial charge in [-0.1, -0.05) is 38.5 Å². The third kappa shape index (κ3) is 4.19. The summed E-state index contributed by atoms with van der Waals surface area (Å²) in [5.41, 5.74) is 0. The molecule has 1 saturated carbocycles. The molecule has 1 aliphatic rings. The summed E-state index contributed by atoms with van der Waals surface area (Å²) in [5, 5.41) is 2.41. The number of hydrogen-bond donors (Lipinski definition) is 1. The Morgan fingerprint density at radius 2 is 1.95 bits per heavy atom. The average molecular weight is 306 g/mol. The van der Waals surface area contributed by atoms with Gasteiger partial charge in [0.05, 0.1) is 0 Å². The normalized spacial score (nSPS) is 19.8. The lowest BCUT2D eigenvalue weighted by Crippen LogP contribution is -2.19. The van der Waals surface area contributed by atoms with Crippen LogP contribution in [0.25, 0.3) is 0 Å². The van der Waals surface area contributed by atoms with E-state index in [9.17, 15) is 13.2 Å². The Bertz CT molecular complexity index is 409. The van der Waals surface area contributed by atoms with E-state index in [4.69, 9.17) is 0 Å². The molecule has 114 valence electrons. The van der Waals surface area contributed by atoms with E-state index in [0.29, 0.717) is 10.8 Å². The third-order valence-electron chi connectivity index (χ3n) is 4.00. The number of thiazole rings is 1. The maximum absolute atomic E-state index is 12.6. The number of aromatic nitrogens is 1. The molecule has 1 atom stereocenters. The lowest BCUT2D eigenvalue weighted by atomic mass is 9.92. The predicted octanol–water partition coefficient (Wildman–Crippen LogP) is 4.78. The number of alkyl halides is 3. The second kappa shape index (κ2) is 6.89. The van der Waals surface area contributed by atoms with Gasteiger partial charge in [-0.15, -0.1) is 11.3 Å². The molecule has 0 amide bonds. The Morgan fingerprint density at radius 1 is 1.30 bits per heavy atom. The molecular weight excluding hydrogens is 285 g/mol. The van der Waals surface area contributed by atoms with Crippen LogP contribution >= 0.6 is 11.3 Å². The Hall–Kier alpha value is -0.620. The van der Waals surface area contributed by atoms with E-state index in [1.165, 1.54) is 44.7 Å². The van der Waals surface area contributed by atoms with Gasteiger partial charge in [-0.2, -0.15) is 13.2 Å². The lowest BCUT2D eigenvalue weighted by molar-refractivity contribution is -0.137. The standard InChI is InChI=1S/C14H21F3N2S/c1-18-11(8-10-6-4-2-3-5-7-10)12-9-19-13(20-12)14(15,16)17/h9-11,18H,2-8H2,1H3. The molecule has 0 aromatic carbocycles. The topological polar surface area (TPSA) is 24.9 Å². The number of hydrogen-bond acceptors (Lipinski definition) is 3. The Labute approximate surface area is 121 Å². The maximum Gasteiger partial charge on any atom is 0.443 e. The number of nitrogens with one attached hydrogen (secondary N) is 1. The molecule has 1 heterocycles. The summed E-state index contributed by atoms with van der Waals surface area (Å²) in [7, 11) is 1.81. The lowest BCUT2D eigenvalue weighted by Gasteiger charge is -2.21. The molecule has 0 bridgehead atoms. The van der Waals surface area contributed by atoms with Crippen LogP contribution in [-0.4, -0.2) is 12.0 Å². The highest BCUT2D eigenvalue weighted by atomic mass is 32.1. The fourth-order valence-electron chi connectivity index (χ4n) is 2.89. The second-order valence-electron chi connectivity index (χ2n) is 5.50. The number of nitrogens with zero attached hydrogens (tertiary/aromatic N) is 1. The van der Waals surface area contributed by atoms with Crippen LogP contribution in [0, 0.1) is 5.92 Å². The zero-order valence-electron chi connectivity index (χ0n) is 11.7. The van der Waals surface area contributed by atoms with E-state index < -0.39 is 11.2 Å². The molecule has 0 radical (unpaired) electrons. The van der Waals surface area contributed by atoms with E-state index in [-0.39, 0.29) is 6.04 Å². The monoisotopic (exact) mass is 306 g/mol. The first-order valence-corrected chi connectivity index (χ1v) is 8.02. The molecule has 0 aliphatic heterocycles. The maximum atomic E-state index is 12.6. The third-order valence-corrected chi connectivity index (χ3v) is 5.16. The van der Waals surface area contributed by atoms with Crippen LogP contribution in [0.2, 0.25) is 0 Å². The van der Waals surface area contributed by atoms with Crippen molar-refractivity contribution in [2.24, 2.45) is 5.92 Å². The highest BCUT2D eigenvalue weighted by Crippen LogP contribution is 2.37. The predicted molar refractivity (Wildman–Crippen MR) is 74.7 cm³/mol. The van der Waals surface area contributed by atoms with Crippen LogP contribution in [0.1, 0.15) is 60.9 Å². The van der Waals surface area contributed by atoms with E-state index in [2.05, 4.69) is 10.3 Å². The van der Waals surface area contributed by atoms with Gasteiger partial charge in [0.15, 0.2) is 5.01 Å². The van der Waals surface area contributed by atoms with Crippen LogP contribution in [0.3, 0.4) is 0 Å². The molecule has 2 nitrogen and oxygen atoms in total. The molecule has 0 saturated heterocycles. The average Bonchev–Trinajstić information content (AvgIpc) is 2.75. The fourth-order valence-corrected chi connectivity index (χ4v) is 3.79. The molecule has 0 spiro atoms. The zero-order valence-corrected chi connectivity index (χ0v) is 12.5. The summed E-state index contributed by atoms with van der Waals surface area (Å²) in [6.45, 7) is 0. The van der Waals surface area contributed by atoms with E-state index in [1.807, 2.05) is 7.05 Å². The SMILES string of the molecule is CNC(CC1CCCCCC1)c1cnc(C(F)(F)F)s1. The highest BCUT2D eigenvalue weighted by Gasteiger charge is 2.35. The molecule has 6 heteroatoms. The van der Waals surface area contributed by atoms with Gasteiger partial charge >= 0.3 is 6.18 Å². The molecule has 1 unspecified atom stereocenters. The van der Waals surface area contributed by atoms with Crippen LogP contribution in [0.15, 0.2) is 6.20 Å². The minimum atomic E-state index is -4.33. The number of halogens is 3. The summed E-state index contributed by atoms with van der Waals surface area (Å²) in [6, 6.07) is -0.00769. The van der Waals surface area contributed by atoms with Crippen LogP contribution in [0.4, 0.5) is 13.2 Å². The molecule has 1 fully saturated rings. The van der Waals surface area contributed by atoms with Crippen molar-refractivity contribution in [3.63, 3.8) is 0 Å². The van der Waals surface area contributed by atoms with E-state index in [0.717, 1.165) is 17.8 Å². The molecular formula is C14H21F3N2S. The molecule has 1 aromatic rings. The smallest absolute Gasteiger partial charge is 0.312 e. The Balaban J connectivity index is 2.02. The highest BCUT2D eigenvalue weighted by molar-refractivity contribution is 7.11. The first-order valence-electron chi connectivity index (χ1n) is 7.21. The summed E-state index contributed by atoms with van der Waals surface area (Å²) < 4.78 is 37.8. The van der Waals surface area contributed by atoms with E-state index in [1.54, 1.807) is 0 Å². The van der Waals surface area contributed by atoms with Gasteiger partial charge in [0, 0.05) is 17.1 Å². The van der Waals surface area contributed by atoms with Crippen molar-refractivity contribution >= 4 is 11.3 Å². The minimum Gasteiger partial charge on any atom is -0.312 e. The van der Waals surface area contributed by atoms with Gasteiger partial charge in [-0.05, 0) is 19.4 Å². The van der Waals surface area contributed by atoms with Gasteiger partial charge in [-0.25, -0.2) is 4.98 Å². The Morgan fingerprint density at radius 3 is 2.45 bits per heavy atom. The molecule has 1 aromatic heterocycles. The Kier molecular flexibility index (Phi) is 5.43. The van der Waals surface area contributed by atoms with Gasteiger partial charge in [0.25, 0.3) is 0 Å². The van der Waals surface area contributed by atoms with Gasteiger partial charge in [0.1, 0.15) is 0 Å². The zero-order chi connectivity index (χ0) is 14.6. The molecule has 2 rings (SSSR count). The van der Waals surface area contributed by atoms with Crippen molar-refractivity contribution in [2.45, 2.75) is 57.2 Å². The quantitative estimate of drug-likeness (QED) is 0.810. The van der Waals surface area contributed by atoms with Crippen molar-refractivity contribution in [2.75, 3.05) is 7.05 Å². The summed E-state index contributed by atoms with van der Waals surface area (Å²) in [4.78, 5) is 4.22. The summed E-state index contributed by atoms with van der Waals surface area (Å²) in [6.07, 6.45) is 5.44. The van der Waals surface area contributed by atoms with Crippen LogP contribution in [0.5, 0.6) is 0 Å². The van der Waals surface area contributed by atoms with Crippen LogP contribution < -0.4 is 5.32 Å². The van der Waals surface area contributed by atoms with Crippen LogP contribution in [-0.2, 0) is 6.18 Å². The first-order chi connectivity index (χ1) is 9.50. The second-order valence-corrected chi connectivity index (χ2v) is 6.56. The largest absolute Gasteiger partial charge is 0.443 e. The first kappa shape index (κ1) is 15.8. The number of rotatable bonds is 4. The molecule has 1 N–H and O–H groups in total. The van der Waals surface area contributed by atoms with Crippen molar-refractivity contribution < 1.29 is 13.2 Å². The van der Waals surface area contributed by atoms with E-state index >= 15 is 0 Å². The van der Waals surface area contributed by atoms with Crippen molar-refractivity contribution in [3.8, 4) is 0 Å². The van der Waals surface area contributed by atoms with Crippen molar-refractivity contribution in [1.29, 1.82) is 0 Å². The molecule has 20 heavy (non-hydrogen) atoms. The summed E-state index contributed by atoms with van der Waals surface area (Å²) in [5.74, 6) is 0.617. The molecule has 1 aliphatic carbocycles. The van der Waals surface area contributed by atoms with Crippen molar-refractivity contribution in [1.82, 2.24) is 10.3 Å². The van der Waals surface area contributed by atoms with Gasteiger partial charge in [-0.3, -0.25) is 0 Å². The minimum absolute atomic E-state index is 0.00769. The summed E-state index contributed by atoms with van der Waals surface area (Å²) >= 11 is 0.768.